The standard InChI is InChI=1S/C10H17F3N2O/c1-8-4-2-3-5-15(8)9(16)6-14-7-10(11,12)13/h8,14H,2-7H2,1H3. The first-order chi connectivity index (χ1) is 7.40. The third-order valence-electron chi connectivity index (χ3n) is 2.72. The number of piperidine rings is 1. The van der Waals surface area contributed by atoms with Crippen LogP contribution in [0.4, 0.5) is 13.2 Å². The molecule has 0 aliphatic carbocycles. The minimum absolute atomic E-state index is 0.147. The molecule has 0 spiro atoms. The van der Waals surface area contributed by atoms with E-state index in [2.05, 4.69) is 5.32 Å². The van der Waals surface area contributed by atoms with Crippen LogP contribution in [0.15, 0.2) is 0 Å². The molecule has 1 amide bonds. The lowest BCUT2D eigenvalue weighted by atomic mass is 10.0. The molecular formula is C10H17F3N2O. The van der Waals surface area contributed by atoms with Gasteiger partial charge in [-0.3, -0.25) is 4.79 Å². The minimum atomic E-state index is -4.26. The number of carbonyl (C=O) groups is 1. The maximum Gasteiger partial charge on any atom is 0.401 e. The van der Waals surface area contributed by atoms with Crippen molar-refractivity contribution in [2.45, 2.75) is 38.4 Å². The molecule has 0 aromatic heterocycles. The molecule has 0 radical (unpaired) electrons. The zero-order chi connectivity index (χ0) is 12.2. The Morgan fingerprint density at radius 1 is 1.44 bits per heavy atom. The van der Waals surface area contributed by atoms with Crippen LogP contribution < -0.4 is 5.32 Å². The molecule has 0 aromatic rings. The van der Waals surface area contributed by atoms with Crippen molar-refractivity contribution < 1.29 is 18.0 Å². The number of likely N-dealkylation sites (tertiary alicyclic amines) is 1. The highest BCUT2D eigenvalue weighted by Gasteiger charge is 2.28. The highest BCUT2D eigenvalue weighted by atomic mass is 19.4. The molecular weight excluding hydrogens is 221 g/mol. The van der Waals surface area contributed by atoms with Gasteiger partial charge >= 0.3 is 6.18 Å². The number of nitrogens with zero attached hydrogens (tertiary/aromatic N) is 1. The van der Waals surface area contributed by atoms with Gasteiger partial charge in [0, 0.05) is 12.6 Å². The Morgan fingerprint density at radius 2 is 2.12 bits per heavy atom. The van der Waals surface area contributed by atoms with Crippen LogP contribution in [0.1, 0.15) is 26.2 Å². The Hall–Kier alpha value is -0.780. The molecule has 1 N–H and O–H groups in total. The van der Waals surface area contributed by atoms with Crippen LogP contribution in [0.25, 0.3) is 0 Å². The summed E-state index contributed by atoms with van der Waals surface area (Å²) in [6, 6.07) is 0.147. The number of nitrogens with one attached hydrogen (secondary N) is 1. The van der Waals surface area contributed by atoms with Gasteiger partial charge in [0.25, 0.3) is 0 Å². The molecule has 1 aliphatic rings. The molecule has 3 nitrogen and oxygen atoms in total. The van der Waals surface area contributed by atoms with Crippen molar-refractivity contribution in [3.8, 4) is 0 Å². The van der Waals surface area contributed by atoms with E-state index in [1.807, 2.05) is 6.92 Å². The summed E-state index contributed by atoms with van der Waals surface area (Å²) in [5.74, 6) is -0.239. The molecule has 1 aliphatic heterocycles. The Balaban J connectivity index is 2.29. The molecule has 1 unspecified atom stereocenters. The fourth-order valence-electron chi connectivity index (χ4n) is 1.88. The summed E-state index contributed by atoms with van der Waals surface area (Å²) >= 11 is 0. The minimum Gasteiger partial charge on any atom is -0.339 e. The van der Waals surface area contributed by atoms with Crippen LogP contribution >= 0.6 is 0 Å². The largest absolute Gasteiger partial charge is 0.401 e. The van der Waals surface area contributed by atoms with Crippen LogP contribution in [-0.2, 0) is 4.79 Å². The summed E-state index contributed by atoms with van der Waals surface area (Å²) in [6.07, 6.45) is -1.30. The van der Waals surface area contributed by atoms with E-state index in [0.29, 0.717) is 6.54 Å². The van der Waals surface area contributed by atoms with Crippen molar-refractivity contribution in [1.29, 1.82) is 0 Å². The predicted molar refractivity (Wildman–Crippen MR) is 54.0 cm³/mol. The Labute approximate surface area is 93.0 Å². The molecule has 16 heavy (non-hydrogen) atoms. The third-order valence-corrected chi connectivity index (χ3v) is 2.72. The van der Waals surface area contributed by atoms with E-state index in [-0.39, 0.29) is 18.5 Å². The number of alkyl halides is 3. The summed E-state index contributed by atoms with van der Waals surface area (Å²) in [6.45, 7) is 1.25. The SMILES string of the molecule is CC1CCCCN1C(=O)CNCC(F)(F)F. The predicted octanol–water partition coefficient (Wildman–Crippen LogP) is 1.54. The average Bonchev–Trinajstić information content (AvgIpc) is 2.16. The second kappa shape index (κ2) is 5.52. The van der Waals surface area contributed by atoms with Crippen LogP contribution in [-0.4, -0.2) is 42.7 Å². The van der Waals surface area contributed by atoms with Gasteiger partial charge in [-0.25, -0.2) is 0 Å². The first-order valence-corrected chi connectivity index (χ1v) is 5.47. The van der Waals surface area contributed by atoms with E-state index in [0.717, 1.165) is 19.3 Å². The molecule has 0 aromatic carbocycles. The zero-order valence-corrected chi connectivity index (χ0v) is 9.31. The lowest BCUT2D eigenvalue weighted by molar-refractivity contribution is -0.136. The second-order valence-corrected chi connectivity index (χ2v) is 4.15. The van der Waals surface area contributed by atoms with E-state index >= 15 is 0 Å². The summed E-state index contributed by atoms with van der Waals surface area (Å²) in [5, 5.41) is 2.13. The molecule has 0 bridgehead atoms. The fourth-order valence-corrected chi connectivity index (χ4v) is 1.88. The Bertz CT molecular complexity index is 243. The number of carbonyl (C=O) groups excluding carboxylic acids is 1. The fraction of sp³-hybridized carbons (Fsp3) is 0.900. The van der Waals surface area contributed by atoms with Gasteiger partial charge in [0.15, 0.2) is 0 Å². The van der Waals surface area contributed by atoms with Gasteiger partial charge in [0.05, 0.1) is 13.1 Å². The number of amides is 1. The molecule has 1 atom stereocenters. The van der Waals surface area contributed by atoms with Crippen LogP contribution in [0.3, 0.4) is 0 Å². The molecule has 1 heterocycles. The Morgan fingerprint density at radius 3 is 2.69 bits per heavy atom. The number of halogens is 3. The van der Waals surface area contributed by atoms with Gasteiger partial charge in [-0.05, 0) is 26.2 Å². The second-order valence-electron chi connectivity index (χ2n) is 4.15. The van der Waals surface area contributed by atoms with Crippen molar-refractivity contribution in [3.05, 3.63) is 0 Å². The smallest absolute Gasteiger partial charge is 0.339 e. The van der Waals surface area contributed by atoms with E-state index in [9.17, 15) is 18.0 Å². The molecule has 94 valence electrons. The lowest BCUT2D eigenvalue weighted by Gasteiger charge is -2.33. The highest BCUT2D eigenvalue weighted by molar-refractivity contribution is 5.78. The quantitative estimate of drug-likeness (QED) is 0.809. The topological polar surface area (TPSA) is 32.3 Å². The lowest BCUT2D eigenvalue weighted by Crippen LogP contribution is -2.47. The normalized spacial score (nSPS) is 22.2. The van der Waals surface area contributed by atoms with E-state index in [1.165, 1.54) is 0 Å². The van der Waals surface area contributed by atoms with Crippen LogP contribution in [0.5, 0.6) is 0 Å². The number of hydrogen-bond acceptors (Lipinski definition) is 2. The maximum absolute atomic E-state index is 11.8. The Kier molecular flexibility index (Phi) is 4.58. The van der Waals surface area contributed by atoms with Crippen LogP contribution in [0, 0.1) is 0 Å². The van der Waals surface area contributed by atoms with Gasteiger partial charge in [0.1, 0.15) is 0 Å². The van der Waals surface area contributed by atoms with Gasteiger partial charge in [-0.15, -0.1) is 0 Å². The van der Waals surface area contributed by atoms with Crippen molar-refractivity contribution in [2.75, 3.05) is 19.6 Å². The van der Waals surface area contributed by atoms with E-state index in [4.69, 9.17) is 0 Å². The summed E-state index contributed by atoms with van der Waals surface area (Å²) < 4.78 is 35.5. The van der Waals surface area contributed by atoms with Gasteiger partial charge in [0.2, 0.25) is 5.91 Å². The highest BCUT2D eigenvalue weighted by Crippen LogP contribution is 2.16. The summed E-state index contributed by atoms with van der Waals surface area (Å²) in [4.78, 5) is 13.3. The van der Waals surface area contributed by atoms with Crippen LogP contribution in [0.2, 0.25) is 0 Å². The van der Waals surface area contributed by atoms with E-state index in [1.54, 1.807) is 4.90 Å². The molecule has 1 saturated heterocycles. The molecule has 1 fully saturated rings. The van der Waals surface area contributed by atoms with Gasteiger partial charge in [-0.2, -0.15) is 13.2 Å². The monoisotopic (exact) mass is 238 g/mol. The summed E-state index contributed by atoms with van der Waals surface area (Å²) in [5.41, 5.74) is 0. The van der Waals surface area contributed by atoms with Crippen molar-refractivity contribution in [2.24, 2.45) is 0 Å². The summed E-state index contributed by atoms with van der Waals surface area (Å²) in [7, 11) is 0. The van der Waals surface area contributed by atoms with Crippen molar-refractivity contribution in [3.63, 3.8) is 0 Å². The van der Waals surface area contributed by atoms with Crippen molar-refractivity contribution in [1.82, 2.24) is 10.2 Å². The number of hydrogen-bond donors (Lipinski definition) is 1. The van der Waals surface area contributed by atoms with Gasteiger partial charge in [-0.1, -0.05) is 0 Å². The molecule has 0 saturated carbocycles. The first kappa shape index (κ1) is 13.3. The molecule has 1 rings (SSSR count). The van der Waals surface area contributed by atoms with Crippen molar-refractivity contribution >= 4 is 5.91 Å². The van der Waals surface area contributed by atoms with Gasteiger partial charge < -0.3 is 10.2 Å². The maximum atomic E-state index is 11.8. The average molecular weight is 238 g/mol. The van der Waals surface area contributed by atoms with E-state index < -0.39 is 12.7 Å². The number of rotatable bonds is 3. The molecule has 6 heteroatoms. The third kappa shape index (κ3) is 4.38. The zero-order valence-electron chi connectivity index (χ0n) is 9.31. The first-order valence-electron chi connectivity index (χ1n) is 5.47.